The third kappa shape index (κ3) is 4.09. The van der Waals surface area contributed by atoms with Crippen LogP contribution in [0.3, 0.4) is 0 Å². The molecule has 2 aromatic carbocycles. The van der Waals surface area contributed by atoms with Gasteiger partial charge in [-0.25, -0.2) is 9.97 Å². The van der Waals surface area contributed by atoms with Crippen molar-refractivity contribution in [1.82, 2.24) is 9.97 Å². The molecule has 10 heteroatoms. The zero-order chi connectivity index (χ0) is 23.8. The fraction of sp³-hybridized carbons (Fsp3) is 0.292. The highest BCUT2D eigenvalue weighted by molar-refractivity contribution is 6.04. The molecule has 0 spiro atoms. The standard InChI is InChI=1S/C24H23N5O5/c25-22-18-6-3-15(11-19(18)26-12-27-22)28-23(32)20(31)21-24(33)29(7-8-34-21)16-4-1-13-2-5-17(30)10-14(13)9-16/h1,3-4,6,9,11-12,20-21,31H,2,5,7-8,10H2,(H,28,32)(H2,25,26,27)/t20-,21-/m1/s1. The van der Waals surface area contributed by atoms with E-state index in [0.29, 0.717) is 47.4 Å². The number of anilines is 3. The first kappa shape index (κ1) is 21.9. The number of benzene rings is 2. The molecule has 2 aliphatic rings. The Kier molecular flexibility index (Phi) is 5.68. The zero-order valence-corrected chi connectivity index (χ0v) is 18.2. The molecular weight excluding hydrogens is 438 g/mol. The van der Waals surface area contributed by atoms with Crippen LogP contribution in [0.2, 0.25) is 0 Å². The largest absolute Gasteiger partial charge is 0.383 e. The summed E-state index contributed by atoms with van der Waals surface area (Å²) in [6.45, 7) is 0.436. The highest BCUT2D eigenvalue weighted by Gasteiger charge is 2.39. The Morgan fingerprint density at radius 1 is 1.15 bits per heavy atom. The second kappa shape index (κ2) is 8.81. The summed E-state index contributed by atoms with van der Waals surface area (Å²) >= 11 is 0. The summed E-state index contributed by atoms with van der Waals surface area (Å²) < 4.78 is 5.48. The van der Waals surface area contributed by atoms with Crippen molar-refractivity contribution in [3.05, 3.63) is 53.9 Å². The summed E-state index contributed by atoms with van der Waals surface area (Å²) in [4.78, 5) is 47.2. The summed E-state index contributed by atoms with van der Waals surface area (Å²) in [7, 11) is 0. The molecule has 4 N–H and O–H groups in total. The second-order valence-electron chi connectivity index (χ2n) is 8.37. The SMILES string of the molecule is Nc1ncnc2cc(NC(=O)[C@H](O)[C@H]3OCCN(c4ccc5c(c4)CC(=O)CC5)C3=O)ccc12. The number of nitrogens with two attached hydrogens (primary N) is 1. The van der Waals surface area contributed by atoms with Crippen LogP contribution in [0.4, 0.5) is 17.2 Å². The molecule has 1 aliphatic carbocycles. The van der Waals surface area contributed by atoms with E-state index in [1.807, 2.05) is 18.2 Å². The maximum atomic E-state index is 13.1. The Balaban J connectivity index is 1.31. The number of Topliss-reactive ketones (excluding diaryl/α,β-unsaturated/α-hetero) is 1. The maximum Gasteiger partial charge on any atom is 0.259 e. The molecule has 0 unspecified atom stereocenters. The van der Waals surface area contributed by atoms with E-state index < -0.39 is 24.0 Å². The predicted octanol–water partition coefficient (Wildman–Crippen LogP) is 1.00. The van der Waals surface area contributed by atoms with Gasteiger partial charge in [0.05, 0.1) is 12.1 Å². The number of nitrogens with one attached hydrogen (secondary N) is 1. The first-order chi connectivity index (χ1) is 16.4. The molecule has 1 fully saturated rings. The first-order valence-corrected chi connectivity index (χ1v) is 11.0. The zero-order valence-electron chi connectivity index (χ0n) is 18.2. The van der Waals surface area contributed by atoms with Crippen molar-refractivity contribution in [2.24, 2.45) is 0 Å². The summed E-state index contributed by atoms with van der Waals surface area (Å²) in [5, 5.41) is 13.9. The van der Waals surface area contributed by atoms with Crippen molar-refractivity contribution in [2.45, 2.75) is 31.5 Å². The second-order valence-corrected chi connectivity index (χ2v) is 8.37. The number of aryl methyl sites for hydroxylation is 1. The van der Waals surface area contributed by atoms with Crippen LogP contribution >= 0.6 is 0 Å². The molecule has 0 bridgehead atoms. The Labute approximate surface area is 194 Å². The lowest BCUT2D eigenvalue weighted by atomic mass is 9.90. The van der Waals surface area contributed by atoms with Gasteiger partial charge in [0, 0.05) is 36.1 Å². The summed E-state index contributed by atoms with van der Waals surface area (Å²) in [5.74, 6) is -0.811. The van der Waals surface area contributed by atoms with Crippen molar-refractivity contribution < 1.29 is 24.2 Å². The number of morpholine rings is 1. The van der Waals surface area contributed by atoms with Crippen LogP contribution in [-0.2, 0) is 32.0 Å². The van der Waals surface area contributed by atoms with E-state index in [2.05, 4.69) is 15.3 Å². The van der Waals surface area contributed by atoms with E-state index in [-0.39, 0.29) is 18.9 Å². The Morgan fingerprint density at radius 3 is 2.85 bits per heavy atom. The number of ether oxygens (including phenoxy) is 1. The van der Waals surface area contributed by atoms with Crippen molar-refractivity contribution in [3.63, 3.8) is 0 Å². The van der Waals surface area contributed by atoms with Crippen molar-refractivity contribution in [2.75, 3.05) is 29.1 Å². The average molecular weight is 461 g/mol. The van der Waals surface area contributed by atoms with Crippen LogP contribution in [0.5, 0.6) is 0 Å². The molecule has 2 heterocycles. The Morgan fingerprint density at radius 2 is 2.00 bits per heavy atom. The minimum atomic E-state index is -1.72. The molecule has 1 aromatic heterocycles. The lowest BCUT2D eigenvalue weighted by molar-refractivity contribution is -0.150. The number of nitrogen functional groups attached to an aromatic ring is 1. The van der Waals surface area contributed by atoms with Crippen molar-refractivity contribution >= 4 is 45.7 Å². The Hall–Kier alpha value is -3.89. The third-order valence-corrected chi connectivity index (χ3v) is 6.17. The molecule has 0 radical (unpaired) electrons. The molecule has 0 saturated carbocycles. The van der Waals surface area contributed by atoms with Crippen LogP contribution in [0.25, 0.3) is 10.9 Å². The molecule has 1 saturated heterocycles. The van der Waals surface area contributed by atoms with E-state index in [4.69, 9.17) is 10.5 Å². The number of hydrogen-bond donors (Lipinski definition) is 3. The van der Waals surface area contributed by atoms with Gasteiger partial charge in [-0.05, 0) is 47.9 Å². The number of aromatic nitrogens is 2. The van der Waals surface area contributed by atoms with Crippen LogP contribution in [-0.4, -0.2) is 58.0 Å². The van der Waals surface area contributed by atoms with Crippen LogP contribution < -0.4 is 16.0 Å². The van der Waals surface area contributed by atoms with Crippen LogP contribution in [0.1, 0.15) is 17.5 Å². The summed E-state index contributed by atoms with van der Waals surface area (Å²) in [6, 6.07) is 10.5. The molecule has 10 nitrogen and oxygen atoms in total. The highest BCUT2D eigenvalue weighted by atomic mass is 16.5. The lowest BCUT2D eigenvalue weighted by Crippen LogP contribution is -2.55. The predicted molar refractivity (Wildman–Crippen MR) is 124 cm³/mol. The molecule has 34 heavy (non-hydrogen) atoms. The molecule has 1 aliphatic heterocycles. The van der Waals surface area contributed by atoms with Crippen molar-refractivity contribution in [1.29, 1.82) is 0 Å². The molecule has 2 atom stereocenters. The lowest BCUT2D eigenvalue weighted by Gasteiger charge is -2.34. The summed E-state index contributed by atoms with van der Waals surface area (Å²) in [6.07, 6.45) is -0.189. The number of aliphatic hydroxyl groups excluding tert-OH is 1. The number of rotatable bonds is 4. The van der Waals surface area contributed by atoms with E-state index in [9.17, 15) is 19.5 Å². The number of carbonyl (C=O) groups excluding carboxylic acids is 3. The van der Waals surface area contributed by atoms with Gasteiger partial charge in [0.15, 0.2) is 12.2 Å². The fourth-order valence-corrected chi connectivity index (χ4v) is 4.36. The van der Waals surface area contributed by atoms with E-state index >= 15 is 0 Å². The normalized spacial score (nSPS) is 19.1. The molecule has 5 rings (SSSR count). The topological polar surface area (TPSA) is 148 Å². The minimum absolute atomic E-state index is 0.156. The van der Waals surface area contributed by atoms with Gasteiger partial charge in [-0.15, -0.1) is 0 Å². The highest BCUT2D eigenvalue weighted by Crippen LogP contribution is 2.27. The number of ketones is 1. The first-order valence-electron chi connectivity index (χ1n) is 11.0. The van der Waals surface area contributed by atoms with Crippen LogP contribution in [0.15, 0.2) is 42.7 Å². The molecular formula is C24H23N5O5. The van der Waals surface area contributed by atoms with Gasteiger partial charge in [0.25, 0.3) is 11.8 Å². The Bertz CT molecular complexity index is 1310. The number of fused-ring (bicyclic) bond motifs is 2. The number of hydrogen-bond acceptors (Lipinski definition) is 8. The van der Waals surface area contributed by atoms with Gasteiger partial charge < -0.3 is 25.8 Å². The van der Waals surface area contributed by atoms with Gasteiger partial charge in [-0.2, -0.15) is 0 Å². The average Bonchev–Trinajstić information content (AvgIpc) is 2.83. The molecule has 2 amide bonds. The molecule has 174 valence electrons. The van der Waals surface area contributed by atoms with Crippen molar-refractivity contribution in [3.8, 4) is 0 Å². The van der Waals surface area contributed by atoms with E-state index in [1.54, 1.807) is 18.2 Å². The number of amides is 2. The van der Waals surface area contributed by atoms with Gasteiger partial charge >= 0.3 is 0 Å². The third-order valence-electron chi connectivity index (χ3n) is 6.17. The van der Waals surface area contributed by atoms with Crippen LogP contribution in [0, 0.1) is 0 Å². The van der Waals surface area contributed by atoms with Gasteiger partial charge in [0.2, 0.25) is 0 Å². The van der Waals surface area contributed by atoms with Gasteiger partial charge in [-0.3, -0.25) is 14.4 Å². The van der Waals surface area contributed by atoms with E-state index in [1.165, 1.54) is 11.2 Å². The van der Waals surface area contributed by atoms with E-state index in [0.717, 1.165) is 11.1 Å². The monoisotopic (exact) mass is 461 g/mol. The quantitative estimate of drug-likeness (QED) is 0.521. The molecule has 3 aromatic rings. The fourth-order valence-electron chi connectivity index (χ4n) is 4.36. The number of aliphatic hydroxyl groups is 1. The minimum Gasteiger partial charge on any atom is -0.383 e. The smallest absolute Gasteiger partial charge is 0.259 e. The summed E-state index contributed by atoms with van der Waals surface area (Å²) in [5.41, 5.74) is 9.36. The van der Waals surface area contributed by atoms with Gasteiger partial charge in [0.1, 0.15) is 17.9 Å². The van der Waals surface area contributed by atoms with Gasteiger partial charge in [-0.1, -0.05) is 6.07 Å². The number of nitrogens with zero attached hydrogens (tertiary/aromatic N) is 3. The number of carbonyl (C=O) groups is 3. The maximum absolute atomic E-state index is 13.1.